The average molecular weight is 686 g/mol. The number of fused-ring (bicyclic) bond motifs is 1. The van der Waals surface area contributed by atoms with Gasteiger partial charge in [-0.2, -0.15) is 18.2 Å². The van der Waals surface area contributed by atoms with Gasteiger partial charge in [0.05, 0.1) is 12.4 Å². The number of benzene rings is 3. The van der Waals surface area contributed by atoms with E-state index in [-0.39, 0.29) is 46.5 Å². The van der Waals surface area contributed by atoms with Crippen LogP contribution in [0.3, 0.4) is 0 Å². The fraction of sp³-hybridized carbons (Fsp3) is 0.378. The van der Waals surface area contributed by atoms with Crippen molar-refractivity contribution >= 4 is 17.7 Å². The normalized spacial score (nSPS) is 14.6. The first kappa shape index (κ1) is 29.0. The lowest BCUT2D eigenvalue weighted by atomic mass is 9.98. The molecule has 0 N–H and O–H groups in total. The molecule has 1 aliphatic carbocycles. The molecule has 1 aromatic heterocycles. The number of alkyl halides is 3. The van der Waals surface area contributed by atoms with E-state index in [2.05, 4.69) is 4.98 Å². The Hall–Kier alpha value is -3.96. The van der Waals surface area contributed by atoms with E-state index in [0.717, 1.165) is 34.7 Å². The molecule has 0 saturated heterocycles. The van der Waals surface area contributed by atoms with Crippen LogP contribution in [0, 0.1) is 12.7 Å². The van der Waals surface area contributed by atoms with Gasteiger partial charge in [-0.3, -0.25) is 9.59 Å². The van der Waals surface area contributed by atoms with Gasteiger partial charge in [-0.1, -0.05) is 68.0 Å². The summed E-state index contributed by atoms with van der Waals surface area (Å²) in [5.41, 5.74) is 0.126. The molecule has 1 heterocycles. The zero-order valence-electron chi connectivity index (χ0n) is 32.0. The first-order valence-electron chi connectivity index (χ1n) is 18.3. The Bertz CT molecular complexity index is 2010. The van der Waals surface area contributed by atoms with Crippen LogP contribution in [0.2, 0.25) is 0 Å². The van der Waals surface area contributed by atoms with Gasteiger partial charge >= 0.3 is 6.18 Å². The van der Waals surface area contributed by atoms with Gasteiger partial charge in [0.1, 0.15) is 12.4 Å². The quantitative estimate of drug-likeness (QED) is 0.0828. The van der Waals surface area contributed by atoms with Gasteiger partial charge in [0.2, 0.25) is 5.91 Å². The standard InChI is InChI=1S/C37H40F4N4O2S/c1-4-43(5-2)19-20-44(22-29-12-11-28(21-25(29)3)27-13-15-30(16-14-27)37(39,40)41)34(46)23-45-33-8-6-7-32(33)35(47)42-36(45)48-24-26-9-17-31(38)18-10-26/h9-18,21H,4-8,19-20,22-24H2,1-3H3/i11D,12D,21D,22D2. The number of likely N-dealkylation sites (N-methyl/N-ethyl adjacent to an activating group) is 1. The van der Waals surface area contributed by atoms with Crippen molar-refractivity contribution in [3.8, 4) is 11.1 Å². The number of carbonyl (C=O) groups is 1. The Morgan fingerprint density at radius 1 is 1.02 bits per heavy atom. The molecule has 0 aliphatic heterocycles. The highest BCUT2D eigenvalue weighted by Gasteiger charge is 2.30. The van der Waals surface area contributed by atoms with Crippen LogP contribution in [0.1, 0.15) is 60.6 Å². The number of carbonyl (C=O) groups excluding carboxylic acids is 1. The van der Waals surface area contributed by atoms with Crippen LogP contribution in [-0.2, 0) is 42.6 Å². The van der Waals surface area contributed by atoms with Crippen molar-refractivity contribution in [3.05, 3.63) is 116 Å². The zero-order valence-corrected chi connectivity index (χ0v) is 27.8. The third-order valence-corrected chi connectivity index (χ3v) is 9.41. The smallest absolute Gasteiger partial charge is 0.336 e. The monoisotopic (exact) mass is 685 g/mol. The fourth-order valence-corrected chi connectivity index (χ4v) is 6.52. The Morgan fingerprint density at radius 2 is 1.73 bits per heavy atom. The lowest BCUT2D eigenvalue weighted by molar-refractivity contribution is -0.137. The van der Waals surface area contributed by atoms with Crippen molar-refractivity contribution in [3.63, 3.8) is 0 Å². The minimum atomic E-state index is -4.60. The fourth-order valence-electron chi connectivity index (χ4n) is 5.55. The number of thioether (sulfide) groups is 1. The Labute approximate surface area is 289 Å². The van der Waals surface area contributed by atoms with Gasteiger partial charge in [0.25, 0.3) is 5.56 Å². The summed E-state index contributed by atoms with van der Waals surface area (Å²) in [5.74, 6) is -0.766. The molecule has 3 aromatic carbocycles. The van der Waals surface area contributed by atoms with Crippen molar-refractivity contribution in [1.29, 1.82) is 0 Å². The first-order valence-corrected chi connectivity index (χ1v) is 16.8. The second kappa shape index (κ2) is 15.5. The molecule has 48 heavy (non-hydrogen) atoms. The highest BCUT2D eigenvalue weighted by Crippen LogP contribution is 2.32. The molecular formula is C37H40F4N4O2S. The molecule has 0 fully saturated rings. The summed E-state index contributed by atoms with van der Waals surface area (Å²) in [4.78, 5) is 34.8. The molecule has 4 aromatic rings. The van der Waals surface area contributed by atoms with Crippen LogP contribution >= 0.6 is 11.8 Å². The van der Waals surface area contributed by atoms with Crippen LogP contribution in [0.4, 0.5) is 17.6 Å². The summed E-state index contributed by atoms with van der Waals surface area (Å²) in [7, 11) is 0. The van der Waals surface area contributed by atoms with E-state index in [1.54, 1.807) is 16.7 Å². The summed E-state index contributed by atoms with van der Waals surface area (Å²) in [6.45, 7) is 3.51. The summed E-state index contributed by atoms with van der Waals surface area (Å²) in [6.07, 6.45) is -2.94. The number of hydrogen-bond donors (Lipinski definition) is 0. The van der Waals surface area contributed by atoms with Gasteiger partial charge in [-0.25, -0.2) is 4.39 Å². The topological polar surface area (TPSA) is 58.4 Å². The third kappa shape index (κ3) is 8.54. The SMILES string of the molecule is [2H]c1c([2H])c(C([2H])([2H])N(CCN(CC)CC)C(=O)Cn2c(SCc3ccc(F)cc3)nc(=O)c3c2CCC3)c(C)c([2H])c1-c1ccc(C(F)(F)F)cc1. The number of halogens is 4. The third-order valence-electron chi connectivity index (χ3n) is 8.36. The van der Waals surface area contributed by atoms with Gasteiger partial charge in [-0.05, 0) is 91.4 Å². The van der Waals surface area contributed by atoms with Crippen LogP contribution < -0.4 is 5.56 Å². The molecule has 0 radical (unpaired) electrons. The van der Waals surface area contributed by atoms with Crippen molar-refractivity contribution < 1.29 is 29.2 Å². The Balaban J connectivity index is 1.57. The predicted octanol–water partition coefficient (Wildman–Crippen LogP) is 7.53. The number of amides is 1. The largest absolute Gasteiger partial charge is 0.416 e. The van der Waals surface area contributed by atoms with Crippen molar-refractivity contribution in [2.45, 2.75) is 70.2 Å². The van der Waals surface area contributed by atoms with Gasteiger partial charge in [0, 0.05) is 36.6 Å². The molecule has 6 nitrogen and oxygen atoms in total. The molecule has 0 spiro atoms. The second-order valence-electron chi connectivity index (χ2n) is 11.5. The van der Waals surface area contributed by atoms with Crippen molar-refractivity contribution in [2.75, 3.05) is 26.2 Å². The summed E-state index contributed by atoms with van der Waals surface area (Å²) < 4.78 is 100. The lowest BCUT2D eigenvalue weighted by Gasteiger charge is -2.28. The van der Waals surface area contributed by atoms with Crippen LogP contribution in [0.5, 0.6) is 0 Å². The number of nitrogens with zero attached hydrogens (tertiary/aromatic N) is 4. The highest BCUT2D eigenvalue weighted by molar-refractivity contribution is 7.98. The van der Waals surface area contributed by atoms with E-state index in [1.165, 1.54) is 30.8 Å². The van der Waals surface area contributed by atoms with E-state index in [4.69, 9.17) is 4.11 Å². The molecule has 11 heteroatoms. The van der Waals surface area contributed by atoms with E-state index >= 15 is 0 Å². The van der Waals surface area contributed by atoms with Crippen molar-refractivity contribution in [1.82, 2.24) is 19.4 Å². The Morgan fingerprint density at radius 3 is 2.40 bits per heavy atom. The lowest BCUT2D eigenvalue weighted by Crippen LogP contribution is -2.40. The maximum atomic E-state index is 14.5. The predicted molar refractivity (Wildman–Crippen MR) is 181 cm³/mol. The molecule has 1 aliphatic rings. The molecule has 1 amide bonds. The van der Waals surface area contributed by atoms with E-state index in [1.807, 2.05) is 18.7 Å². The minimum absolute atomic E-state index is 0.0343. The van der Waals surface area contributed by atoms with Gasteiger partial charge in [-0.15, -0.1) is 0 Å². The minimum Gasteiger partial charge on any atom is -0.336 e. The number of rotatable bonds is 13. The number of aromatic nitrogens is 2. The van der Waals surface area contributed by atoms with Gasteiger partial charge in [0.15, 0.2) is 5.16 Å². The Kier molecular flexibility index (Phi) is 9.37. The highest BCUT2D eigenvalue weighted by atomic mass is 32.2. The molecular weight excluding hydrogens is 640 g/mol. The molecule has 0 atom stereocenters. The van der Waals surface area contributed by atoms with E-state index < -0.39 is 54.1 Å². The molecule has 0 unspecified atom stereocenters. The maximum Gasteiger partial charge on any atom is 0.416 e. The average Bonchev–Trinajstić information content (AvgIpc) is 3.61. The summed E-state index contributed by atoms with van der Waals surface area (Å²) in [6, 6.07) is 8.23. The molecule has 0 bridgehead atoms. The van der Waals surface area contributed by atoms with Crippen LogP contribution in [0.15, 0.2) is 76.6 Å². The van der Waals surface area contributed by atoms with Crippen molar-refractivity contribution in [2.24, 2.45) is 0 Å². The van der Waals surface area contributed by atoms with E-state index in [0.29, 0.717) is 49.4 Å². The van der Waals surface area contributed by atoms with Gasteiger partial charge < -0.3 is 14.4 Å². The van der Waals surface area contributed by atoms with E-state index in [9.17, 15) is 29.9 Å². The summed E-state index contributed by atoms with van der Waals surface area (Å²) >= 11 is 1.19. The number of hydrogen-bond acceptors (Lipinski definition) is 5. The second-order valence-corrected chi connectivity index (χ2v) is 12.4. The molecule has 0 saturated carbocycles. The van der Waals surface area contributed by atoms with Crippen LogP contribution in [0.25, 0.3) is 11.1 Å². The van der Waals surface area contributed by atoms with Crippen LogP contribution in [-0.4, -0.2) is 51.4 Å². The zero-order chi connectivity index (χ0) is 38.8. The first-order chi connectivity index (χ1) is 25.0. The molecule has 5 rings (SSSR count). The summed E-state index contributed by atoms with van der Waals surface area (Å²) in [5, 5.41) is 0.248. The maximum absolute atomic E-state index is 14.5. The molecule has 254 valence electrons.